The number of rotatable bonds is 6. The molecule has 0 amide bonds. The number of nitrogens with one attached hydrogen (secondary N) is 1. The maximum atomic E-state index is 5.47. The number of likely N-dealkylation sites (N-methyl/N-ethyl adjacent to an activating group) is 1. The molecule has 0 aliphatic rings. The van der Waals surface area contributed by atoms with Crippen LogP contribution in [0.3, 0.4) is 0 Å². The van der Waals surface area contributed by atoms with Crippen LogP contribution in [0.15, 0.2) is 36.7 Å². The lowest BCUT2D eigenvalue weighted by Crippen LogP contribution is -2.16. The summed E-state index contributed by atoms with van der Waals surface area (Å²) in [6.45, 7) is 1.39. The van der Waals surface area contributed by atoms with E-state index in [0.29, 0.717) is 18.2 Å². The van der Waals surface area contributed by atoms with E-state index in [1.807, 2.05) is 31.3 Å². The Morgan fingerprint density at radius 3 is 2.32 bits per heavy atom. The summed E-state index contributed by atoms with van der Waals surface area (Å²) < 4.78 is 10.6. The number of hydrogen-bond acceptors (Lipinski definition) is 5. The molecule has 1 aromatic heterocycles. The quantitative estimate of drug-likeness (QED) is 0.801. The molecule has 5 heteroatoms. The summed E-state index contributed by atoms with van der Waals surface area (Å²) in [5.41, 5.74) is 0.947. The molecule has 0 saturated heterocycles. The summed E-state index contributed by atoms with van der Waals surface area (Å²) >= 11 is 0. The van der Waals surface area contributed by atoms with Gasteiger partial charge in [0.1, 0.15) is 12.4 Å². The average Bonchev–Trinajstić information content (AvgIpc) is 2.48. The Kier molecular flexibility index (Phi) is 4.69. The molecule has 19 heavy (non-hydrogen) atoms. The largest absolute Gasteiger partial charge is 0.497 e. The van der Waals surface area contributed by atoms with Crippen molar-refractivity contribution in [3.63, 3.8) is 0 Å². The first kappa shape index (κ1) is 13.3. The van der Waals surface area contributed by atoms with E-state index in [4.69, 9.17) is 9.47 Å². The number of nitrogens with zero attached hydrogens (tertiary/aromatic N) is 2. The third kappa shape index (κ3) is 3.66. The average molecular weight is 259 g/mol. The van der Waals surface area contributed by atoms with Gasteiger partial charge in [-0.25, -0.2) is 9.97 Å². The molecule has 2 rings (SSSR count). The lowest BCUT2D eigenvalue weighted by atomic mass is 10.2. The van der Waals surface area contributed by atoms with Gasteiger partial charge in [0, 0.05) is 12.1 Å². The van der Waals surface area contributed by atoms with Crippen LogP contribution < -0.4 is 14.8 Å². The second-order valence-electron chi connectivity index (χ2n) is 3.92. The predicted octanol–water partition coefficient (Wildman–Crippen LogP) is 1.75. The summed E-state index contributed by atoms with van der Waals surface area (Å²) in [5, 5.41) is 3.01. The van der Waals surface area contributed by atoms with E-state index < -0.39 is 0 Å². The van der Waals surface area contributed by atoms with Gasteiger partial charge in [-0.1, -0.05) is 0 Å². The first-order chi connectivity index (χ1) is 9.33. The minimum Gasteiger partial charge on any atom is -0.497 e. The van der Waals surface area contributed by atoms with Crippen LogP contribution in [0.5, 0.6) is 11.5 Å². The molecule has 0 bridgehead atoms. The molecule has 2 aromatic rings. The van der Waals surface area contributed by atoms with E-state index in [1.165, 1.54) is 0 Å². The molecule has 1 aromatic carbocycles. The lowest BCUT2D eigenvalue weighted by Gasteiger charge is -2.06. The fourth-order valence-corrected chi connectivity index (χ4v) is 1.55. The van der Waals surface area contributed by atoms with Crippen molar-refractivity contribution >= 4 is 0 Å². The molecule has 0 unspecified atom stereocenters. The van der Waals surface area contributed by atoms with Gasteiger partial charge in [0.15, 0.2) is 11.6 Å². The van der Waals surface area contributed by atoms with Gasteiger partial charge < -0.3 is 14.8 Å². The van der Waals surface area contributed by atoms with Gasteiger partial charge in [-0.05, 0) is 31.3 Å². The van der Waals surface area contributed by atoms with Crippen molar-refractivity contribution in [2.75, 3.05) is 27.3 Å². The normalized spacial score (nSPS) is 10.2. The Bertz CT molecular complexity index is 497. The zero-order valence-electron chi connectivity index (χ0n) is 11.1. The van der Waals surface area contributed by atoms with Gasteiger partial charge in [0.05, 0.1) is 19.5 Å². The number of methoxy groups -OCH3 is 1. The molecule has 0 atom stereocenters. The molecule has 0 radical (unpaired) electrons. The van der Waals surface area contributed by atoms with Gasteiger partial charge in [-0.2, -0.15) is 0 Å². The Labute approximate surface area is 112 Å². The summed E-state index contributed by atoms with van der Waals surface area (Å²) in [5.74, 6) is 2.16. The SMILES string of the molecule is CNCCOc1cnc(-c2ccc(OC)cc2)nc1. The third-order valence-electron chi connectivity index (χ3n) is 2.60. The zero-order chi connectivity index (χ0) is 13.5. The van der Waals surface area contributed by atoms with E-state index in [2.05, 4.69) is 15.3 Å². The smallest absolute Gasteiger partial charge is 0.159 e. The van der Waals surface area contributed by atoms with E-state index in [9.17, 15) is 0 Å². The first-order valence-electron chi connectivity index (χ1n) is 6.07. The van der Waals surface area contributed by atoms with E-state index >= 15 is 0 Å². The summed E-state index contributed by atoms with van der Waals surface area (Å²) in [6, 6.07) is 7.62. The maximum Gasteiger partial charge on any atom is 0.159 e. The fourth-order valence-electron chi connectivity index (χ4n) is 1.55. The summed E-state index contributed by atoms with van der Waals surface area (Å²) in [6.07, 6.45) is 3.37. The van der Waals surface area contributed by atoms with E-state index in [-0.39, 0.29) is 0 Å². The molecule has 0 fully saturated rings. The van der Waals surface area contributed by atoms with Gasteiger partial charge >= 0.3 is 0 Å². The molecular formula is C14H17N3O2. The number of aromatic nitrogens is 2. The highest BCUT2D eigenvalue weighted by Gasteiger charge is 2.02. The second kappa shape index (κ2) is 6.70. The maximum absolute atomic E-state index is 5.47. The van der Waals surface area contributed by atoms with Crippen LogP contribution in [0.25, 0.3) is 11.4 Å². The Morgan fingerprint density at radius 2 is 1.74 bits per heavy atom. The van der Waals surface area contributed by atoms with Crippen molar-refractivity contribution in [2.45, 2.75) is 0 Å². The molecule has 5 nitrogen and oxygen atoms in total. The third-order valence-corrected chi connectivity index (χ3v) is 2.60. The van der Waals surface area contributed by atoms with Crippen LogP contribution in [0, 0.1) is 0 Å². The molecule has 100 valence electrons. The molecule has 0 aliphatic heterocycles. The zero-order valence-corrected chi connectivity index (χ0v) is 11.1. The summed E-state index contributed by atoms with van der Waals surface area (Å²) in [4.78, 5) is 8.57. The van der Waals surface area contributed by atoms with Crippen molar-refractivity contribution in [2.24, 2.45) is 0 Å². The molecular weight excluding hydrogens is 242 g/mol. The minimum atomic E-state index is 0.599. The minimum absolute atomic E-state index is 0.599. The van der Waals surface area contributed by atoms with Crippen molar-refractivity contribution in [3.05, 3.63) is 36.7 Å². The standard InChI is InChI=1S/C14H17N3O2/c1-15-7-8-19-13-9-16-14(17-10-13)11-3-5-12(18-2)6-4-11/h3-6,9-10,15H,7-8H2,1-2H3. The van der Waals surface area contributed by atoms with Gasteiger partial charge in [-0.3, -0.25) is 0 Å². The monoisotopic (exact) mass is 259 g/mol. The van der Waals surface area contributed by atoms with Crippen molar-refractivity contribution in [1.29, 1.82) is 0 Å². The first-order valence-corrected chi connectivity index (χ1v) is 6.07. The van der Waals surface area contributed by atoms with Crippen LogP contribution in [0.2, 0.25) is 0 Å². The van der Waals surface area contributed by atoms with Gasteiger partial charge in [0.2, 0.25) is 0 Å². The van der Waals surface area contributed by atoms with Crippen LogP contribution in [0.4, 0.5) is 0 Å². The van der Waals surface area contributed by atoms with Crippen LogP contribution in [-0.2, 0) is 0 Å². The highest BCUT2D eigenvalue weighted by atomic mass is 16.5. The Morgan fingerprint density at radius 1 is 1.05 bits per heavy atom. The topological polar surface area (TPSA) is 56.3 Å². The van der Waals surface area contributed by atoms with E-state index in [0.717, 1.165) is 17.9 Å². The van der Waals surface area contributed by atoms with Crippen LogP contribution in [-0.4, -0.2) is 37.3 Å². The Hall–Kier alpha value is -2.14. The molecule has 0 aliphatic carbocycles. The fraction of sp³-hybridized carbons (Fsp3) is 0.286. The molecule has 0 spiro atoms. The van der Waals surface area contributed by atoms with Crippen LogP contribution in [0.1, 0.15) is 0 Å². The van der Waals surface area contributed by atoms with Gasteiger partial charge in [0.25, 0.3) is 0 Å². The van der Waals surface area contributed by atoms with Crippen molar-refractivity contribution < 1.29 is 9.47 Å². The lowest BCUT2D eigenvalue weighted by molar-refractivity contribution is 0.316. The van der Waals surface area contributed by atoms with E-state index in [1.54, 1.807) is 19.5 Å². The molecule has 1 heterocycles. The van der Waals surface area contributed by atoms with Crippen molar-refractivity contribution in [1.82, 2.24) is 15.3 Å². The highest BCUT2D eigenvalue weighted by molar-refractivity contribution is 5.56. The number of ether oxygens (including phenoxy) is 2. The predicted molar refractivity (Wildman–Crippen MR) is 73.4 cm³/mol. The molecule has 0 saturated carbocycles. The second-order valence-corrected chi connectivity index (χ2v) is 3.92. The number of hydrogen-bond donors (Lipinski definition) is 1. The Balaban J connectivity index is 2.04. The number of benzene rings is 1. The highest BCUT2D eigenvalue weighted by Crippen LogP contribution is 2.19. The summed E-state index contributed by atoms with van der Waals surface area (Å²) in [7, 11) is 3.52. The van der Waals surface area contributed by atoms with Crippen LogP contribution >= 0.6 is 0 Å². The molecule has 1 N–H and O–H groups in total. The van der Waals surface area contributed by atoms with Crippen molar-refractivity contribution in [3.8, 4) is 22.9 Å². The van der Waals surface area contributed by atoms with Gasteiger partial charge in [-0.15, -0.1) is 0 Å².